The van der Waals surface area contributed by atoms with E-state index in [4.69, 9.17) is 0 Å². The molecule has 2 nitrogen and oxygen atoms in total. The van der Waals surface area contributed by atoms with Gasteiger partial charge in [-0.25, -0.2) is 4.98 Å². The average Bonchev–Trinajstić information content (AvgIpc) is 2.53. The molecule has 0 aromatic carbocycles. The van der Waals surface area contributed by atoms with E-state index in [9.17, 15) is 0 Å². The van der Waals surface area contributed by atoms with Gasteiger partial charge in [0.1, 0.15) is 0 Å². The van der Waals surface area contributed by atoms with Crippen molar-refractivity contribution in [3.05, 3.63) is 17.7 Å². The summed E-state index contributed by atoms with van der Waals surface area (Å²) in [6.45, 7) is 2.12. The first-order chi connectivity index (χ1) is 5.88. The third kappa shape index (κ3) is 1.38. The monoisotopic (exact) mass is 164 g/mol. The maximum Gasteiger partial charge on any atom is 0.0925 e. The van der Waals surface area contributed by atoms with Crippen LogP contribution in [0, 0.1) is 6.92 Å². The lowest BCUT2D eigenvalue weighted by atomic mass is 9.86. The molecule has 1 saturated carbocycles. The van der Waals surface area contributed by atoms with Gasteiger partial charge in [0.2, 0.25) is 0 Å². The number of hydrogen-bond acceptors (Lipinski definition) is 1. The zero-order chi connectivity index (χ0) is 8.39. The largest absolute Gasteiger partial charge is 0.348 e. The highest BCUT2D eigenvalue weighted by atomic mass is 14.9. The van der Waals surface area contributed by atoms with E-state index in [0.29, 0.717) is 0 Å². The Hall–Kier alpha value is -0.790. The quantitative estimate of drug-likeness (QED) is 0.679. The molecule has 1 N–H and O–H groups in total. The molecular weight excluding hydrogens is 148 g/mol. The van der Waals surface area contributed by atoms with Crippen molar-refractivity contribution >= 4 is 0 Å². The molecule has 2 heteroatoms. The number of aromatic nitrogens is 2. The van der Waals surface area contributed by atoms with Crippen LogP contribution in [-0.2, 0) is 0 Å². The van der Waals surface area contributed by atoms with Gasteiger partial charge in [-0.2, -0.15) is 0 Å². The Kier molecular flexibility index (Phi) is 2.15. The third-order valence-electron chi connectivity index (χ3n) is 2.86. The summed E-state index contributed by atoms with van der Waals surface area (Å²) in [5.74, 6) is 0.741. The van der Waals surface area contributed by atoms with Crippen molar-refractivity contribution in [2.75, 3.05) is 0 Å². The summed E-state index contributed by atoms with van der Waals surface area (Å²) in [5.41, 5.74) is 2.58. The van der Waals surface area contributed by atoms with Gasteiger partial charge in [-0.05, 0) is 19.8 Å². The fourth-order valence-corrected chi connectivity index (χ4v) is 2.16. The van der Waals surface area contributed by atoms with Crippen LogP contribution in [0.2, 0.25) is 0 Å². The summed E-state index contributed by atoms with van der Waals surface area (Å²) in [6.07, 6.45) is 8.69. The highest BCUT2D eigenvalue weighted by Crippen LogP contribution is 2.32. The number of aryl methyl sites for hydroxylation is 1. The molecule has 0 radical (unpaired) electrons. The van der Waals surface area contributed by atoms with Crippen LogP contribution in [0.5, 0.6) is 0 Å². The Labute approximate surface area is 73.4 Å². The molecule has 1 fully saturated rings. The highest BCUT2D eigenvalue weighted by Gasteiger charge is 2.18. The lowest BCUT2D eigenvalue weighted by Gasteiger charge is -2.20. The number of nitrogens with zero attached hydrogens (tertiary/aromatic N) is 1. The Morgan fingerprint density at radius 1 is 1.33 bits per heavy atom. The predicted octanol–water partition coefficient (Wildman–Crippen LogP) is 2.77. The topological polar surface area (TPSA) is 28.7 Å². The van der Waals surface area contributed by atoms with Crippen LogP contribution < -0.4 is 0 Å². The van der Waals surface area contributed by atoms with Gasteiger partial charge in [0.05, 0.1) is 12.0 Å². The molecule has 0 aliphatic heterocycles. The van der Waals surface area contributed by atoms with E-state index in [1.54, 1.807) is 0 Å². The normalized spacial score (nSPS) is 19.8. The fourth-order valence-electron chi connectivity index (χ4n) is 2.16. The molecule has 2 rings (SSSR count). The number of H-pyrrole nitrogens is 1. The predicted molar refractivity (Wildman–Crippen MR) is 49.2 cm³/mol. The first-order valence-corrected chi connectivity index (χ1v) is 4.88. The van der Waals surface area contributed by atoms with Gasteiger partial charge in [0, 0.05) is 11.6 Å². The minimum Gasteiger partial charge on any atom is -0.348 e. The van der Waals surface area contributed by atoms with E-state index in [0.717, 1.165) is 5.92 Å². The van der Waals surface area contributed by atoms with Crippen molar-refractivity contribution in [3.63, 3.8) is 0 Å². The van der Waals surface area contributed by atoms with Gasteiger partial charge in [-0.3, -0.25) is 0 Å². The van der Waals surface area contributed by atoms with Crippen molar-refractivity contribution in [2.24, 2.45) is 0 Å². The molecule has 0 spiro atoms. The highest BCUT2D eigenvalue weighted by molar-refractivity contribution is 5.14. The van der Waals surface area contributed by atoms with Gasteiger partial charge in [0.15, 0.2) is 0 Å². The minimum atomic E-state index is 0.741. The van der Waals surface area contributed by atoms with Crippen molar-refractivity contribution in [1.82, 2.24) is 9.97 Å². The minimum absolute atomic E-state index is 0.741. The summed E-state index contributed by atoms with van der Waals surface area (Å²) in [4.78, 5) is 7.54. The van der Waals surface area contributed by atoms with Crippen molar-refractivity contribution in [2.45, 2.75) is 44.9 Å². The summed E-state index contributed by atoms with van der Waals surface area (Å²) in [6, 6.07) is 0. The van der Waals surface area contributed by atoms with Crippen molar-refractivity contribution in [1.29, 1.82) is 0 Å². The summed E-state index contributed by atoms with van der Waals surface area (Å²) < 4.78 is 0. The Balaban J connectivity index is 2.13. The smallest absolute Gasteiger partial charge is 0.0925 e. The number of hydrogen-bond donors (Lipinski definition) is 1. The molecule has 0 atom stereocenters. The van der Waals surface area contributed by atoms with Crippen LogP contribution in [0.4, 0.5) is 0 Å². The zero-order valence-corrected chi connectivity index (χ0v) is 7.64. The molecule has 0 unspecified atom stereocenters. The first kappa shape index (κ1) is 7.84. The number of imidazole rings is 1. The molecule has 1 aromatic rings. The molecular formula is C10H16N2. The fraction of sp³-hybridized carbons (Fsp3) is 0.700. The van der Waals surface area contributed by atoms with Gasteiger partial charge in [-0.15, -0.1) is 0 Å². The second-order valence-corrected chi connectivity index (χ2v) is 3.75. The Morgan fingerprint density at radius 2 is 2.08 bits per heavy atom. The number of nitrogens with one attached hydrogen (secondary N) is 1. The van der Waals surface area contributed by atoms with Gasteiger partial charge in [-0.1, -0.05) is 19.3 Å². The van der Waals surface area contributed by atoms with Crippen LogP contribution >= 0.6 is 0 Å². The van der Waals surface area contributed by atoms with Gasteiger partial charge >= 0.3 is 0 Å². The maximum absolute atomic E-state index is 4.38. The molecule has 12 heavy (non-hydrogen) atoms. The van der Waals surface area contributed by atoms with E-state index in [-0.39, 0.29) is 0 Å². The maximum atomic E-state index is 4.38. The Morgan fingerprint density at radius 3 is 2.67 bits per heavy atom. The molecule has 1 aliphatic rings. The zero-order valence-electron chi connectivity index (χ0n) is 7.64. The van der Waals surface area contributed by atoms with Crippen LogP contribution in [0.15, 0.2) is 6.33 Å². The molecule has 1 aromatic heterocycles. The third-order valence-corrected chi connectivity index (χ3v) is 2.86. The van der Waals surface area contributed by atoms with E-state index in [2.05, 4.69) is 16.9 Å². The van der Waals surface area contributed by atoms with Gasteiger partial charge in [0.25, 0.3) is 0 Å². The molecule has 0 saturated heterocycles. The van der Waals surface area contributed by atoms with E-state index in [1.165, 1.54) is 43.5 Å². The summed E-state index contributed by atoms with van der Waals surface area (Å²) >= 11 is 0. The van der Waals surface area contributed by atoms with E-state index in [1.807, 2.05) is 6.33 Å². The van der Waals surface area contributed by atoms with Crippen LogP contribution in [0.1, 0.15) is 49.4 Å². The van der Waals surface area contributed by atoms with Gasteiger partial charge < -0.3 is 4.98 Å². The second-order valence-electron chi connectivity index (χ2n) is 3.75. The SMILES string of the molecule is Cc1[nH]cnc1C1CCCCC1. The summed E-state index contributed by atoms with van der Waals surface area (Å²) in [5, 5.41) is 0. The van der Waals surface area contributed by atoms with E-state index < -0.39 is 0 Å². The second kappa shape index (κ2) is 3.30. The van der Waals surface area contributed by atoms with Crippen LogP contribution in [-0.4, -0.2) is 9.97 Å². The lowest BCUT2D eigenvalue weighted by molar-refractivity contribution is 0.436. The lowest BCUT2D eigenvalue weighted by Crippen LogP contribution is -2.06. The molecule has 1 aliphatic carbocycles. The molecule has 66 valence electrons. The number of aromatic amines is 1. The van der Waals surface area contributed by atoms with E-state index >= 15 is 0 Å². The average molecular weight is 164 g/mol. The standard InChI is InChI=1S/C10H16N2/c1-8-10(12-7-11-8)9-5-3-2-4-6-9/h7,9H,2-6H2,1H3,(H,11,12). The summed E-state index contributed by atoms with van der Waals surface area (Å²) in [7, 11) is 0. The molecule has 0 bridgehead atoms. The van der Waals surface area contributed by atoms with Crippen LogP contribution in [0.25, 0.3) is 0 Å². The van der Waals surface area contributed by atoms with Crippen LogP contribution in [0.3, 0.4) is 0 Å². The van der Waals surface area contributed by atoms with Crippen molar-refractivity contribution < 1.29 is 0 Å². The first-order valence-electron chi connectivity index (χ1n) is 4.88. The van der Waals surface area contributed by atoms with Crippen molar-refractivity contribution in [3.8, 4) is 0 Å². The Bertz CT molecular complexity index is 246. The molecule has 0 amide bonds. The number of rotatable bonds is 1. The molecule has 1 heterocycles.